The highest BCUT2D eigenvalue weighted by Crippen LogP contribution is 2.38. The van der Waals surface area contributed by atoms with Crippen LogP contribution in [-0.4, -0.2) is 12.2 Å². The lowest BCUT2D eigenvalue weighted by Crippen LogP contribution is -2.22. The minimum atomic E-state index is -0.860. The summed E-state index contributed by atoms with van der Waals surface area (Å²) in [5.41, 5.74) is -0.181. The maximum absolute atomic E-state index is 10.2. The Kier molecular flexibility index (Phi) is 4.39. The average Bonchev–Trinajstić information content (AvgIpc) is 2.36. The summed E-state index contributed by atoms with van der Waals surface area (Å²) in [6.07, 6.45) is -0.296. The van der Waals surface area contributed by atoms with E-state index in [2.05, 4.69) is 6.07 Å². The van der Waals surface area contributed by atoms with Crippen molar-refractivity contribution in [3.63, 3.8) is 0 Å². The lowest BCUT2D eigenvalue weighted by atomic mass is 9.80. The van der Waals surface area contributed by atoms with E-state index >= 15 is 0 Å². The number of aliphatic hydroxyl groups excluding tert-OH is 1. The average molecular weight is 254 g/mol. The first-order valence-corrected chi connectivity index (χ1v) is 5.79. The van der Waals surface area contributed by atoms with Gasteiger partial charge in [-0.05, 0) is 31.0 Å². The molecule has 2 unspecified atom stereocenters. The van der Waals surface area contributed by atoms with E-state index in [-0.39, 0.29) is 0 Å². The van der Waals surface area contributed by atoms with Crippen molar-refractivity contribution >= 4 is 11.6 Å². The number of hydrogen-bond donors (Lipinski definition) is 1. The Morgan fingerprint density at radius 3 is 2.65 bits per heavy atom. The van der Waals surface area contributed by atoms with Crippen LogP contribution >= 0.6 is 11.6 Å². The summed E-state index contributed by atoms with van der Waals surface area (Å²) in [5, 5.41) is 19.8. The van der Waals surface area contributed by atoms with E-state index in [1.54, 1.807) is 25.1 Å². The molecule has 0 bridgehead atoms. The standard InChI is InChI=1S/C13H16ClNO2/c1-4-13(2,8-15)12(16)9-5-6-11(17-3)10(14)7-9/h5-7,12,16H,4H2,1-3H3. The fourth-order valence-corrected chi connectivity index (χ4v) is 1.82. The zero-order valence-electron chi connectivity index (χ0n) is 10.2. The predicted molar refractivity (Wildman–Crippen MR) is 67.0 cm³/mol. The molecule has 17 heavy (non-hydrogen) atoms. The minimum absolute atomic E-state index is 0.431. The number of benzene rings is 1. The summed E-state index contributed by atoms with van der Waals surface area (Å²) in [6.45, 7) is 3.60. The van der Waals surface area contributed by atoms with Crippen molar-refractivity contribution < 1.29 is 9.84 Å². The van der Waals surface area contributed by atoms with Gasteiger partial charge in [0.1, 0.15) is 5.75 Å². The molecule has 0 aliphatic rings. The summed E-state index contributed by atoms with van der Waals surface area (Å²) in [6, 6.07) is 7.20. The molecule has 92 valence electrons. The van der Waals surface area contributed by atoms with Gasteiger partial charge in [0.05, 0.1) is 29.7 Å². The van der Waals surface area contributed by atoms with Crippen LogP contribution in [0.4, 0.5) is 0 Å². The molecule has 2 atom stereocenters. The second kappa shape index (κ2) is 5.39. The van der Waals surface area contributed by atoms with Crippen molar-refractivity contribution in [1.29, 1.82) is 5.26 Å². The molecular weight excluding hydrogens is 238 g/mol. The Morgan fingerprint density at radius 2 is 2.24 bits per heavy atom. The fraction of sp³-hybridized carbons (Fsp3) is 0.462. The van der Waals surface area contributed by atoms with E-state index in [1.807, 2.05) is 6.92 Å². The summed E-state index contributed by atoms with van der Waals surface area (Å²) in [5.74, 6) is 0.553. The molecule has 1 aromatic carbocycles. The minimum Gasteiger partial charge on any atom is -0.495 e. The number of nitrogens with zero attached hydrogens (tertiary/aromatic N) is 1. The van der Waals surface area contributed by atoms with Gasteiger partial charge in [-0.2, -0.15) is 5.26 Å². The van der Waals surface area contributed by atoms with Crippen molar-refractivity contribution in [2.75, 3.05) is 7.11 Å². The van der Waals surface area contributed by atoms with Crippen LogP contribution in [0.2, 0.25) is 5.02 Å². The van der Waals surface area contributed by atoms with Gasteiger partial charge in [0.25, 0.3) is 0 Å². The van der Waals surface area contributed by atoms with Crippen LogP contribution in [0.3, 0.4) is 0 Å². The predicted octanol–water partition coefficient (Wildman–Crippen LogP) is 3.32. The summed E-state index contributed by atoms with van der Waals surface area (Å²) < 4.78 is 5.04. The van der Waals surface area contributed by atoms with Crippen molar-refractivity contribution in [3.05, 3.63) is 28.8 Å². The highest BCUT2D eigenvalue weighted by Gasteiger charge is 2.32. The molecule has 0 aliphatic carbocycles. The van der Waals surface area contributed by atoms with Gasteiger partial charge < -0.3 is 9.84 Å². The Bertz CT molecular complexity index is 442. The van der Waals surface area contributed by atoms with Crippen LogP contribution in [0, 0.1) is 16.7 Å². The molecule has 0 radical (unpaired) electrons. The third-order valence-corrected chi connectivity index (χ3v) is 3.38. The second-order valence-corrected chi connectivity index (χ2v) is 4.59. The first-order chi connectivity index (χ1) is 7.98. The Labute approximate surface area is 107 Å². The van der Waals surface area contributed by atoms with Crippen molar-refractivity contribution in [1.82, 2.24) is 0 Å². The zero-order valence-corrected chi connectivity index (χ0v) is 11.0. The molecule has 0 fully saturated rings. The lowest BCUT2D eigenvalue weighted by Gasteiger charge is -2.26. The van der Waals surface area contributed by atoms with Crippen LogP contribution < -0.4 is 4.74 Å². The van der Waals surface area contributed by atoms with Crippen molar-refractivity contribution in [3.8, 4) is 11.8 Å². The molecule has 4 heteroatoms. The Morgan fingerprint density at radius 1 is 1.59 bits per heavy atom. The molecule has 0 heterocycles. The van der Waals surface area contributed by atoms with Gasteiger partial charge in [-0.15, -0.1) is 0 Å². The molecule has 0 aliphatic heterocycles. The molecule has 1 aromatic rings. The monoisotopic (exact) mass is 253 g/mol. The number of ether oxygens (including phenoxy) is 1. The van der Waals surface area contributed by atoms with Gasteiger partial charge >= 0.3 is 0 Å². The van der Waals surface area contributed by atoms with E-state index in [4.69, 9.17) is 21.6 Å². The van der Waals surface area contributed by atoms with Crippen LogP contribution in [0.25, 0.3) is 0 Å². The molecule has 0 saturated heterocycles. The van der Waals surface area contributed by atoms with Crippen LogP contribution in [0.1, 0.15) is 31.9 Å². The maximum atomic E-state index is 10.2. The normalized spacial score (nSPS) is 15.8. The van der Waals surface area contributed by atoms with Crippen LogP contribution in [-0.2, 0) is 0 Å². The number of hydrogen-bond acceptors (Lipinski definition) is 3. The molecule has 0 aromatic heterocycles. The Hall–Kier alpha value is -1.24. The van der Waals surface area contributed by atoms with E-state index in [0.29, 0.717) is 22.8 Å². The summed E-state index contributed by atoms with van der Waals surface area (Å²) in [4.78, 5) is 0. The highest BCUT2D eigenvalue weighted by molar-refractivity contribution is 6.32. The number of halogens is 1. The fourth-order valence-electron chi connectivity index (χ4n) is 1.55. The van der Waals surface area contributed by atoms with Gasteiger partial charge in [0.15, 0.2) is 0 Å². The van der Waals surface area contributed by atoms with Crippen molar-refractivity contribution in [2.45, 2.75) is 26.4 Å². The van der Waals surface area contributed by atoms with E-state index in [9.17, 15) is 5.11 Å². The molecule has 0 saturated carbocycles. The molecule has 0 amide bonds. The van der Waals surface area contributed by atoms with Crippen LogP contribution in [0.15, 0.2) is 18.2 Å². The maximum Gasteiger partial charge on any atom is 0.137 e. The smallest absolute Gasteiger partial charge is 0.137 e. The number of methoxy groups -OCH3 is 1. The summed E-state index contributed by atoms with van der Waals surface area (Å²) >= 11 is 5.99. The third-order valence-electron chi connectivity index (χ3n) is 3.08. The topological polar surface area (TPSA) is 53.2 Å². The van der Waals surface area contributed by atoms with E-state index in [0.717, 1.165) is 0 Å². The third kappa shape index (κ3) is 2.71. The van der Waals surface area contributed by atoms with Gasteiger partial charge in [-0.1, -0.05) is 24.6 Å². The van der Waals surface area contributed by atoms with E-state index in [1.165, 1.54) is 7.11 Å². The molecule has 1 N–H and O–H groups in total. The van der Waals surface area contributed by atoms with Gasteiger partial charge in [0.2, 0.25) is 0 Å². The number of aliphatic hydroxyl groups is 1. The largest absolute Gasteiger partial charge is 0.495 e. The molecular formula is C13H16ClNO2. The number of nitriles is 1. The van der Waals surface area contributed by atoms with E-state index < -0.39 is 11.5 Å². The Balaban J connectivity index is 3.10. The van der Waals surface area contributed by atoms with Gasteiger partial charge in [-0.25, -0.2) is 0 Å². The second-order valence-electron chi connectivity index (χ2n) is 4.18. The quantitative estimate of drug-likeness (QED) is 0.896. The highest BCUT2D eigenvalue weighted by atomic mass is 35.5. The zero-order chi connectivity index (χ0) is 13.1. The first-order valence-electron chi connectivity index (χ1n) is 5.41. The number of rotatable bonds is 4. The molecule has 3 nitrogen and oxygen atoms in total. The first kappa shape index (κ1) is 13.8. The van der Waals surface area contributed by atoms with Gasteiger partial charge in [-0.3, -0.25) is 0 Å². The molecule has 1 rings (SSSR count). The van der Waals surface area contributed by atoms with Crippen LogP contribution in [0.5, 0.6) is 5.75 Å². The lowest BCUT2D eigenvalue weighted by molar-refractivity contribution is 0.0722. The molecule has 0 spiro atoms. The SMILES string of the molecule is CCC(C)(C#N)C(O)c1ccc(OC)c(Cl)c1. The summed E-state index contributed by atoms with van der Waals surface area (Å²) in [7, 11) is 1.53. The van der Waals surface area contributed by atoms with Gasteiger partial charge in [0, 0.05) is 0 Å². The van der Waals surface area contributed by atoms with Crippen molar-refractivity contribution in [2.24, 2.45) is 5.41 Å².